The molecule has 3 aromatic rings. The van der Waals surface area contributed by atoms with Crippen molar-refractivity contribution in [3.05, 3.63) is 95.4 Å². The lowest BCUT2D eigenvalue weighted by molar-refractivity contribution is 0.0721. The number of carbonyl (C=O) groups is 1. The van der Waals surface area contributed by atoms with Gasteiger partial charge in [0.25, 0.3) is 5.91 Å². The van der Waals surface area contributed by atoms with Gasteiger partial charge in [0, 0.05) is 12.1 Å². The summed E-state index contributed by atoms with van der Waals surface area (Å²) in [6, 6.07) is 21.4. The maximum absolute atomic E-state index is 12.8. The van der Waals surface area contributed by atoms with Crippen LogP contribution in [-0.4, -0.2) is 10.8 Å². The minimum atomic E-state index is -0.154. The fourth-order valence-electron chi connectivity index (χ4n) is 3.07. The van der Waals surface area contributed by atoms with Gasteiger partial charge in [0.1, 0.15) is 11.8 Å². The van der Waals surface area contributed by atoms with Gasteiger partial charge in [0.2, 0.25) is 0 Å². The molecule has 0 saturated heterocycles. The molecule has 0 saturated carbocycles. The van der Waals surface area contributed by atoms with Crippen molar-refractivity contribution in [2.24, 2.45) is 0 Å². The first-order valence-corrected chi connectivity index (χ1v) is 7.32. The molecule has 108 valence electrons. The molecule has 2 heterocycles. The van der Waals surface area contributed by atoms with Crippen molar-refractivity contribution in [1.29, 1.82) is 0 Å². The zero-order chi connectivity index (χ0) is 14.9. The Balaban J connectivity index is 1.78. The molecule has 0 fully saturated rings. The highest BCUT2D eigenvalue weighted by Crippen LogP contribution is 2.39. The van der Waals surface area contributed by atoms with Gasteiger partial charge in [-0.1, -0.05) is 48.5 Å². The average molecular weight is 289 g/mol. The number of nitrogens with zero attached hydrogens (tertiary/aromatic N) is 1. The highest BCUT2D eigenvalue weighted by Gasteiger charge is 2.38. The Morgan fingerprint density at radius 3 is 2.45 bits per heavy atom. The fourth-order valence-corrected chi connectivity index (χ4v) is 3.07. The number of rotatable bonds is 3. The molecule has 0 radical (unpaired) electrons. The van der Waals surface area contributed by atoms with Crippen LogP contribution in [0.5, 0.6) is 0 Å². The van der Waals surface area contributed by atoms with E-state index in [4.69, 9.17) is 4.42 Å². The topological polar surface area (TPSA) is 33.5 Å². The summed E-state index contributed by atoms with van der Waals surface area (Å²) in [6.45, 7) is 0.569. The van der Waals surface area contributed by atoms with Crippen LogP contribution in [0.2, 0.25) is 0 Å². The van der Waals surface area contributed by atoms with E-state index in [0.29, 0.717) is 6.54 Å². The van der Waals surface area contributed by atoms with Gasteiger partial charge < -0.3 is 9.32 Å². The van der Waals surface area contributed by atoms with E-state index in [2.05, 4.69) is 0 Å². The normalized spacial score (nSPS) is 16.8. The van der Waals surface area contributed by atoms with Crippen LogP contribution in [0.3, 0.4) is 0 Å². The average Bonchev–Trinajstić information content (AvgIpc) is 3.17. The van der Waals surface area contributed by atoms with Crippen molar-refractivity contribution in [2.75, 3.05) is 0 Å². The zero-order valence-corrected chi connectivity index (χ0v) is 12.0. The fraction of sp³-hybridized carbons (Fsp3) is 0.105. The van der Waals surface area contributed by atoms with Crippen LogP contribution in [0.4, 0.5) is 0 Å². The van der Waals surface area contributed by atoms with Gasteiger partial charge in [-0.15, -0.1) is 0 Å². The summed E-state index contributed by atoms with van der Waals surface area (Å²) in [5.74, 6) is 0.857. The summed E-state index contributed by atoms with van der Waals surface area (Å²) in [5, 5.41) is 0. The molecule has 1 aromatic heterocycles. The SMILES string of the molecule is O=C1c2ccccc2C(c2ccco2)N1Cc1ccccc1. The zero-order valence-electron chi connectivity index (χ0n) is 12.0. The van der Waals surface area contributed by atoms with Gasteiger partial charge in [-0.25, -0.2) is 0 Å². The van der Waals surface area contributed by atoms with Crippen molar-refractivity contribution in [1.82, 2.24) is 4.90 Å². The lowest BCUT2D eigenvalue weighted by Gasteiger charge is -2.24. The lowest BCUT2D eigenvalue weighted by Crippen LogP contribution is -2.28. The van der Waals surface area contributed by atoms with E-state index in [0.717, 1.165) is 22.5 Å². The van der Waals surface area contributed by atoms with Crippen molar-refractivity contribution in [3.63, 3.8) is 0 Å². The highest BCUT2D eigenvalue weighted by molar-refractivity contribution is 5.99. The van der Waals surface area contributed by atoms with E-state index in [1.165, 1.54) is 0 Å². The first kappa shape index (κ1) is 12.9. The highest BCUT2D eigenvalue weighted by atomic mass is 16.3. The number of fused-ring (bicyclic) bond motifs is 1. The van der Waals surface area contributed by atoms with Crippen LogP contribution >= 0.6 is 0 Å². The Kier molecular flexibility index (Phi) is 3.04. The van der Waals surface area contributed by atoms with E-state index >= 15 is 0 Å². The lowest BCUT2D eigenvalue weighted by atomic mass is 10.0. The van der Waals surface area contributed by atoms with Crippen LogP contribution in [0.25, 0.3) is 0 Å². The second-order valence-corrected chi connectivity index (χ2v) is 5.42. The van der Waals surface area contributed by atoms with Crippen LogP contribution < -0.4 is 0 Å². The Morgan fingerprint density at radius 1 is 0.909 bits per heavy atom. The molecular weight excluding hydrogens is 274 g/mol. The standard InChI is InChI=1S/C19H15NO2/c21-19-16-10-5-4-9-15(16)18(17-11-6-12-22-17)20(19)13-14-7-2-1-3-8-14/h1-12,18H,13H2. The summed E-state index contributed by atoms with van der Waals surface area (Å²) < 4.78 is 5.60. The van der Waals surface area contributed by atoms with Crippen molar-refractivity contribution in [3.8, 4) is 0 Å². The molecule has 1 aliphatic heterocycles. The molecule has 3 heteroatoms. The van der Waals surface area contributed by atoms with Gasteiger partial charge in [-0.2, -0.15) is 0 Å². The van der Waals surface area contributed by atoms with Crippen molar-refractivity contribution < 1.29 is 9.21 Å². The summed E-state index contributed by atoms with van der Waals surface area (Å²) in [5.41, 5.74) is 2.89. The van der Waals surface area contributed by atoms with Crippen LogP contribution in [0.1, 0.15) is 33.3 Å². The molecule has 3 nitrogen and oxygen atoms in total. The third-order valence-corrected chi connectivity index (χ3v) is 4.07. The molecule has 0 spiro atoms. The van der Waals surface area contributed by atoms with E-state index in [1.807, 2.05) is 71.6 Å². The molecule has 1 amide bonds. The van der Waals surface area contributed by atoms with Crippen molar-refractivity contribution in [2.45, 2.75) is 12.6 Å². The van der Waals surface area contributed by atoms with E-state index in [1.54, 1.807) is 6.26 Å². The minimum absolute atomic E-state index is 0.0563. The molecule has 0 aliphatic carbocycles. The van der Waals surface area contributed by atoms with Gasteiger partial charge >= 0.3 is 0 Å². The predicted molar refractivity (Wildman–Crippen MR) is 83.3 cm³/mol. The first-order valence-electron chi connectivity index (χ1n) is 7.32. The minimum Gasteiger partial charge on any atom is -0.467 e. The van der Waals surface area contributed by atoms with Gasteiger partial charge in [-0.05, 0) is 29.3 Å². The Hall–Kier alpha value is -2.81. The van der Waals surface area contributed by atoms with Gasteiger partial charge in [0.15, 0.2) is 0 Å². The summed E-state index contributed by atoms with van der Waals surface area (Å²) >= 11 is 0. The molecule has 22 heavy (non-hydrogen) atoms. The van der Waals surface area contributed by atoms with Crippen molar-refractivity contribution >= 4 is 5.91 Å². The number of hydrogen-bond acceptors (Lipinski definition) is 2. The molecule has 1 atom stereocenters. The number of amides is 1. The van der Waals surface area contributed by atoms with E-state index in [-0.39, 0.29) is 11.9 Å². The smallest absolute Gasteiger partial charge is 0.255 e. The van der Waals surface area contributed by atoms with Crippen LogP contribution in [-0.2, 0) is 6.54 Å². The Morgan fingerprint density at radius 2 is 1.68 bits per heavy atom. The number of benzene rings is 2. The molecule has 1 unspecified atom stereocenters. The van der Waals surface area contributed by atoms with E-state index in [9.17, 15) is 4.79 Å². The first-order chi connectivity index (χ1) is 10.8. The predicted octanol–water partition coefficient (Wildman–Crippen LogP) is 4.03. The maximum Gasteiger partial charge on any atom is 0.255 e. The molecule has 0 bridgehead atoms. The third-order valence-electron chi connectivity index (χ3n) is 4.07. The number of furan rings is 1. The molecule has 4 rings (SSSR count). The summed E-state index contributed by atoms with van der Waals surface area (Å²) in [4.78, 5) is 14.7. The molecular formula is C19H15NO2. The quantitative estimate of drug-likeness (QED) is 0.729. The van der Waals surface area contributed by atoms with Gasteiger partial charge in [-0.3, -0.25) is 4.79 Å². The number of hydrogen-bond donors (Lipinski definition) is 0. The second kappa shape index (κ2) is 5.19. The molecule has 0 N–H and O–H groups in total. The van der Waals surface area contributed by atoms with Crippen LogP contribution in [0.15, 0.2) is 77.4 Å². The monoisotopic (exact) mass is 289 g/mol. The Bertz CT molecular complexity index is 793. The largest absolute Gasteiger partial charge is 0.467 e. The Labute approximate surface area is 128 Å². The van der Waals surface area contributed by atoms with E-state index < -0.39 is 0 Å². The number of carbonyl (C=O) groups excluding carboxylic acids is 1. The second-order valence-electron chi connectivity index (χ2n) is 5.42. The molecule has 1 aliphatic rings. The van der Waals surface area contributed by atoms with Crippen LogP contribution in [0, 0.1) is 0 Å². The third kappa shape index (κ3) is 2.02. The molecule has 2 aromatic carbocycles. The summed E-state index contributed by atoms with van der Waals surface area (Å²) in [7, 11) is 0. The maximum atomic E-state index is 12.8. The summed E-state index contributed by atoms with van der Waals surface area (Å²) in [6.07, 6.45) is 1.65. The van der Waals surface area contributed by atoms with Gasteiger partial charge in [0.05, 0.1) is 6.26 Å².